The Labute approximate surface area is 137 Å². The van der Waals surface area contributed by atoms with Crippen LogP contribution in [0.1, 0.15) is 44.3 Å². The van der Waals surface area contributed by atoms with Gasteiger partial charge in [-0.1, -0.05) is 5.16 Å². The fourth-order valence-electron chi connectivity index (χ4n) is 3.89. The highest BCUT2D eigenvalue weighted by atomic mass is 16.5. The SMILES string of the molecule is COCCc1noc(CN2CCC[C@@H]2[C@H]2CCCN2C(C)=O)n1. The first-order valence-electron chi connectivity index (χ1n) is 8.50. The van der Waals surface area contributed by atoms with E-state index in [1.807, 2.05) is 4.90 Å². The van der Waals surface area contributed by atoms with Gasteiger partial charge in [0, 0.05) is 39.1 Å². The van der Waals surface area contributed by atoms with Gasteiger partial charge in [-0.25, -0.2) is 0 Å². The second-order valence-electron chi connectivity index (χ2n) is 6.45. The summed E-state index contributed by atoms with van der Waals surface area (Å²) < 4.78 is 10.4. The summed E-state index contributed by atoms with van der Waals surface area (Å²) in [6.07, 6.45) is 5.18. The number of carbonyl (C=O) groups excluding carboxylic acids is 1. The fourth-order valence-corrected chi connectivity index (χ4v) is 3.89. The summed E-state index contributed by atoms with van der Waals surface area (Å²) >= 11 is 0. The Balaban J connectivity index is 1.62. The number of rotatable bonds is 6. The zero-order valence-electron chi connectivity index (χ0n) is 14.0. The van der Waals surface area contributed by atoms with Crippen molar-refractivity contribution in [2.24, 2.45) is 0 Å². The van der Waals surface area contributed by atoms with Crippen LogP contribution in [0.4, 0.5) is 0 Å². The van der Waals surface area contributed by atoms with E-state index in [1.54, 1.807) is 14.0 Å². The zero-order chi connectivity index (χ0) is 16.2. The van der Waals surface area contributed by atoms with Crippen LogP contribution in [0.25, 0.3) is 0 Å². The van der Waals surface area contributed by atoms with Gasteiger partial charge in [-0.2, -0.15) is 4.98 Å². The number of amides is 1. The number of carbonyl (C=O) groups is 1. The maximum absolute atomic E-state index is 11.8. The van der Waals surface area contributed by atoms with Gasteiger partial charge in [0.25, 0.3) is 0 Å². The molecule has 2 aliphatic heterocycles. The maximum Gasteiger partial charge on any atom is 0.240 e. The van der Waals surface area contributed by atoms with Gasteiger partial charge in [0.05, 0.1) is 13.2 Å². The first-order valence-corrected chi connectivity index (χ1v) is 8.50. The summed E-state index contributed by atoms with van der Waals surface area (Å²) in [7, 11) is 1.66. The first-order chi connectivity index (χ1) is 11.2. The second-order valence-corrected chi connectivity index (χ2v) is 6.45. The zero-order valence-corrected chi connectivity index (χ0v) is 14.0. The number of methoxy groups -OCH3 is 1. The molecule has 2 fully saturated rings. The molecule has 0 aliphatic carbocycles. The van der Waals surface area contributed by atoms with Crippen LogP contribution in [0.3, 0.4) is 0 Å². The molecule has 0 N–H and O–H groups in total. The fraction of sp³-hybridized carbons (Fsp3) is 0.812. The van der Waals surface area contributed by atoms with Crippen molar-refractivity contribution in [3.63, 3.8) is 0 Å². The second kappa shape index (κ2) is 7.40. The van der Waals surface area contributed by atoms with Crippen LogP contribution >= 0.6 is 0 Å². The van der Waals surface area contributed by atoms with Crippen LogP contribution in [-0.2, 0) is 22.5 Å². The molecular weight excluding hydrogens is 296 g/mol. The van der Waals surface area contributed by atoms with Gasteiger partial charge in [-0.05, 0) is 32.2 Å². The number of aromatic nitrogens is 2. The van der Waals surface area contributed by atoms with Gasteiger partial charge in [-0.15, -0.1) is 0 Å². The van der Waals surface area contributed by atoms with Crippen molar-refractivity contribution in [2.75, 3.05) is 26.8 Å². The Morgan fingerprint density at radius 3 is 2.87 bits per heavy atom. The van der Waals surface area contributed by atoms with E-state index in [2.05, 4.69) is 15.0 Å². The maximum atomic E-state index is 11.8. The van der Waals surface area contributed by atoms with E-state index in [1.165, 1.54) is 0 Å². The van der Waals surface area contributed by atoms with Crippen molar-refractivity contribution in [1.29, 1.82) is 0 Å². The molecule has 1 amide bonds. The van der Waals surface area contributed by atoms with Crippen molar-refractivity contribution in [3.05, 3.63) is 11.7 Å². The van der Waals surface area contributed by atoms with E-state index < -0.39 is 0 Å². The first kappa shape index (κ1) is 16.4. The summed E-state index contributed by atoms with van der Waals surface area (Å²) in [5, 5.41) is 4.00. The van der Waals surface area contributed by atoms with Gasteiger partial charge in [0.2, 0.25) is 11.8 Å². The van der Waals surface area contributed by atoms with Crippen molar-refractivity contribution in [3.8, 4) is 0 Å². The van der Waals surface area contributed by atoms with Gasteiger partial charge >= 0.3 is 0 Å². The minimum atomic E-state index is 0.194. The molecule has 0 unspecified atom stereocenters. The molecule has 1 aromatic rings. The monoisotopic (exact) mass is 322 g/mol. The lowest BCUT2D eigenvalue weighted by atomic mass is 10.0. The highest BCUT2D eigenvalue weighted by molar-refractivity contribution is 5.74. The van der Waals surface area contributed by atoms with E-state index in [9.17, 15) is 4.79 Å². The third kappa shape index (κ3) is 3.72. The molecule has 2 atom stereocenters. The molecule has 0 bridgehead atoms. The van der Waals surface area contributed by atoms with Gasteiger partial charge < -0.3 is 14.2 Å². The Morgan fingerprint density at radius 1 is 1.30 bits per heavy atom. The third-order valence-corrected chi connectivity index (χ3v) is 4.94. The standard InChI is InChI=1S/C16H26N4O3/c1-12(21)20-9-4-6-14(20)13-5-3-8-19(13)11-16-17-15(18-23-16)7-10-22-2/h13-14H,3-11H2,1-2H3/t13-,14-/m1/s1. The van der Waals surface area contributed by atoms with Crippen LogP contribution < -0.4 is 0 Å². The van der Waals surface area contributed by atoms with Crippen molar-refractivity contribution in [2.45, 2.75) is 57.7 Å². The molecule has 1 aromatic heterocycles. The number of ether oxygens (including phenoxy) is 1. The van der Waals surface area contributed by atoms with Crippen LogP contribution in [-0.4, -0.2) is 64.7 Å². The Hall–Kier alpha value is -1.47. The lowest BCUT2D eigenvalue weighted by molar-refractivity contribution is -0.130. The normalized spacial score (nSPS) is 25.4. The van der Waals surface area contributed by atoms with Crippen LogP contribution in [0, 0.1) is 0 Å². The molecule has 7 nitrogen and oxygen atoms in total. The van der Waals surface area contributed by atoms with Crippen molar-refractivity contribution < 1.29 is 14.1 Å². The quantitative estimate of drug-likeness (QED) is 0.784. The molecular formula is C16H26N4O3. The minimum Gasteiger partial charge on any atom is -0.384 e. The Morgan fingerprint density at radius 2 is 2.09 bits per heavy atom. The summed E-state index contributed by atoms with van der Waals surface area (Å²) in [6, 6.07) is 0.751. The average Bonchev–Trinajstić information content (AvgIpc) is 3.25. The highest BCUT2D eigenvalue weighted by Gasteiger charge is 2.39. The van der Waals surface area contributed by atoms with E-state index >= 15 is 0 Å². The van der Waals surface area contributed by atoms with E-state index in [0.29, 0.717) is 43.4 Å². The molecule has 128 valence electrons. The molecule has 2 saturated heterocycles. The largest absolute Gasteiger partial charge is 0.384 e. The van der Waals surface area contributed by atoms with Crippen molar-refractivity contribution in [1.82, 2.24) is 19.9 Å². The lowest BCUT2D eigenvalue weighted by Crippen LogP contribution is -2.47. The lowest BCUT2D eigenvalue weighted by Gasteiger charge is -2.33. The number of likely N-dealkylation sites (tertiary alicyclic amines) is 2. The molecule has 2 aliphatic rings. The van der Waals surface area contributed by atoms with E-state index in [0.717, 1.165) is 38.8 Å². The summed E-state index contributed by atoms with van der Waals surface area (Å²) in [4.78, 5) is 20.7. The summed E-state index contributed by atoms with van der Waals surface area (Å²) in [5.74, 6) is 1.55. The van der Waals surface area contributed by atoms with Crippen molar-refractivity contribution >= 4 is 5.91 Å². The summed E-state index contributed by atoms with van der Waals surface area (Å²) in [5.41, 5.74) is 0. The molecule has 3 rings (SSSR count). The van der Waals surface area contributed by atoms with E-state index in [-0.39, 0.29) is 5.91 Å². The molecule has 0 saturated carbocycles. The predicted molar refractivity (Wildman–Crippen MR) is 83.7 cm³/mol. The molecule has 0 spiro atoms. The highest BCUT2D eigenvalue weighted by Crippen LogP contribution is 2.30. The topological polar surface area (TPSA) is 71.7 Å². The molecule has 0 radical (unpaired) electrons. The Kier molecular flexibility index (Phi) is 5.27. The average molecular weight is 322 g/mol. The van der Waals surface area contributed by atoms with Gasteiger partial charge in [0.15, 0.2) is 5.82 Å². The number of hydrogen-bond acceptors (Lipinski definition) is 6. The molecule has 3 heterocycles. The van der Waals surface area contributed by atoms with Crippen LogP contribution in [0.15, 0.2) is 4.52 Å². The van der Waals surface area contributed by atoms with Gasteiger partial charge in [0.1, 0.15) is 0 Å². The number of nitrogens with zero attached hydrogens (tertiary/aromatic N) is 4. The van der Waals surface area contributed by atoms with Crippen LogP contribution in [0.5, 0.6) is 0 Å². The molecule has 0 aromatic carbocycles. The minimum absolute atomic E-state index is 0.194. The number of hydrogen-bond donors (Lipinski definition) is 0. The summed E-state index contributed by atoms with van der Waals surface area (Å²) in [6.45, 7) is 4.88. The smallest absolute Gasteiger partial charge is 0.240 e. The third-order valence-electron chi connectivity index (χ3n) is 4.94. The molecule has 23 heavy (non-hydrogen) atoms. The van der Waals surface area contributed by atoms with E-state index in [4.69, 9.17) is 9.26 Å². The molecule has 7 heteroatoms. The Bertz CT molecular complexity index is 533. The predicted octanol–water partition coefficient (Wildman–Crippen LogP) is 1.23. The van der Waals surface area contributed by atoms with Crippen LogP contribution in [0.2, 0.25) is 0 Å². The van der Waals surface area contributed by atoms with Gasteiger partial charge in [-0.3, -0.25) is 9.69 Å².